The van der Waals surface area contributed by atoms with Crippen LogP contribution in [-0.4, -0.2) is 48.1 Å². The molecule has 0 saturated carbocycles. The Kier molecular flexibility index (Phi) is 4.89. The van der Waals surface area contributed by atoms with E-state index >= 15 is 0 Å². The van der Waals surface area contributed by atoms with Gasteiger partial charge in [0.25, 0.3) is 0 Å². The van der Waals surface area contributed by atoms with E-state index in [1.54, 1.807) is 7.11 Å². The molecule has 8 heteroatoms. The second kappa shape index (κ2) is 6.48. The van der Waals surface area contributed by atoms with Gasteiger partial charge in [0.1, 0.15) is 15.6 Å². The first-order valence-electron chi connectivity index (χ1n) is 6.25. The maximum absolute atomic E-state index is 11.1. The zero-order valence-electron chi connectivity index (χ0n) is 12.1. The normalized spacial score (nSPS) is 11.6. The Labute approximate surface area is 128 Å². The molecule has 0 N–H and O–H groups in total. The summed E-state index contributed by atoms with van der Waals surface area (Å²) < 4.78 is 29.2. The predicted molar refractivity (Wildman–Crippen MR) is 83.4 cm³/mol. The molecule has 0 aliphatic rings. The molecule has 21 heavy (non-hydrogen) atoms. The highest BCUT2D eigenvalue weighted by molar-refractivity contribution is 8.00. The van der Waals surface area contributed by atoms with Crippen LogP contribution in [0.1, 0.15) is 0 Å². The molecular formula is C13H17N3O3S2. The minimum absolute atomic E-state index is 0.127. The smallest absolute Gasteiger partial charge is 0.191 e. The lowest BCUT2D eigenvalue weighted by Crippen LogP contribution is -2.05. The van der Waals surface area contributed by atoms with Crippen molar-refractivity contribution in [2.45, 2.75) is 5.16 Å². The van der Waals surface area contributed by atoms with Gasteiger partial charge in [-0.3, -0.25) is 0 Å². The monoisotopic (exact) mass is 327 g/mol. The van der Waals surface area contributed by atoms with Gasteiger partial charge >= 0.3 is 0 Å². The number of sulfone groups is 1. The Bertz CT molecular complexity index is 709. The summed E-state index contributed by atoms with van der Waals surface area (Å²) in [4.78, 5) is 0. The van der Waals surface area contributed by atoms with Crippen LogP contribution in [0, 0.1) is 0 Å². The van der Waals surface area contributed by atoms with Gasteiger partial charge < -0.3 is 9.30 Å². The molecule has 2 rings (SSSR count). The third-order valence-electron chi connectivity index (χ3n) is 2.87. The van der Waals surface area contributed by atoms with Crippen molar-refractivity contribution < 1.29 is 13.2 Å². The number of methoxy groups -OCH3 is 1. The Morgan fingerprint density at radius 1 is 1.24 bits per heavy atom. The first-order chi connectivity index (χ1) is 9.90. The Morgan fingerprint density at radius 3 is 2.48 bits per heavy atom. The van der Waals surface area contributed by atoms with E-state index in [-0.39, 0.29) is 5.75 Å². The number of hydrogen-bond acceptors (Lipinski definition) is 6. The second-order valence-electron chi connectivity index (χ2n) is 4.57. The van der Waals surface area contributed by atoms with Crippen molar-refractivity contribution in [3.63, 3.8) is 0 Å². The number of hydrogen-bond donors (Lipinski definition) is 0. The molecule has 0 atom stereocenters. The molecule has 1 aromatic carbocycles. The lowest BCUT2D eigenvalue weighted by molar-refractivity contribution is 0.415. The van der Waals surface area contributed by atoms with Crippen molar-refractivity contribution in [1.82, 2.24) is 14.8 Å². The van der Waals surface area contributed by atoms with Gasteiger partial charge in [0.2, 0.25) is 0 Å². The summed E-state index contributed by atoms with van der Waals surface area (Å²) in [6.07, 6.45) is 1.23. The molecule has 0 unspecified atom stereocenters. The van der Waals surface area contributed by atoms with Gasteiger partial charge in [-0.05, 0) is 24.3 Å². The summed E-state index contributed by atoms with van der Waals surface area (Å²) >= 11 is 1.38. The Hall–Kier alpha value is -1.54. The van der Waals surface area contributed by atoms with Crippen molar-refractivity contribution in [3.05, 3.63) is 24.3 Å². The molecule has 6 nitrogen and oxygen atoms in total. The van der Waals surface area contributed by atoms with E-state index in [1.165, 1.54) is 18.0 Å². The summed E-state index contributed by atoms with van der Waals surface area (Å²) in [5, 5.41) is 8.96. The molecule has 0 saturated heterocycles. The fraction of sp³-hybridized carbons (Fsp3) is 0.385. The van der Waals surface area contributed by atoms with E-state index in [1.807, 2.05) is 35.9 Å². The molecule has 114 valence electrons. The van der Waals surface area contributed by atoms with Crippen LogP contribution in [0.15, 0.2) is 29.4 Å². The Morgan fingerprint density at radius 2 is 1.90 bits per heavy atom. The Balaban J connectivity index is 2.12. The number of rotatable bonds is 6. The number of ether oxygens (including phenoxy) is 1. The highest BCUT2D eigenvalue weighted by Crippen LogP contribution is 2.24. The van der Waals surface area contributed by atoms with Crippen LogP contribution in [0.4, 0.5) is 0 Å². The van der Waals surface area contributed by atoms with Gasteiger partial charge in [0.05, 0.1) is 12.9 Å². The zero-order valence-corrected chi connectivity index (χ0v) is 13.7. The molecule has 0 fully saturated rings. The van der Waals surface area contributed by atoms with Crippen molar-refractivity contribution in [2.24, 2.45) is 7.05 Å². The molecule has 1 aromatic heterocycles. The van der Waals surface area contributed by atoms with Crippen LogP contribution in [0.3, 0.4) is 0 Å². The van der Waals surface area contributed by atoms with E-state index in [4.69, 9.17) is 4.74 Å². The minimum Gasteiger partial charge on any atom is -0.497 e. The highest BCUT2D eigenvalue weighted by Gasteiger charge is 2.12. The van der Waals surface area contributed by atoms with Crippen molar-refractivity contribution >= 4 is 21.6 Å². The predicted octanol–water partition coefficient (Wildman–Crippen LogP) is 1.63. The maximum atomic E-state index is 11.1. The average Bonchev–Trinajstić information content (AvgIpc) is 2.79. The number of aromatic nitrogens is 3. The van der Waals surface area contributed by atoms with Crippen LogP contribution >= 0.6 is 11.8 Å². The highest BCUT2D eigenvalue weighted by atomic mass is 32.2. The van der Waals surface area contributed by atoms with Crippen molar-refractivity contribution in [3.8, 4) is 17.1 Å². The summed E-state index contributed by atoms with van der Waals surface area (Å²) in [5.41, 5.74) is 0.931. The summed E-state index contributed by atoms with van der Waals surface area (Å²) in [6.45, 7) is 0. The maximum Gasteiger partial charge on any atom is 0.191 e. The molecule has 0 amide bonds. The molecule has 0 radical (unpaired) electrons. The fourth-order valence-corrected chi connectivity index (χ4v) is 3.82. The lowest BCUT2D eigenvalue weighted by atomic mass is 10.2. The average molecular weight is 327 g/mol. The molecule has 1 heterocycles. The SMILES string of the molecule is COc1ccc(-c2nnc(SCCS(C)(=O)=O)n2C)cc1. The summed E-state index contributed by atoms with van der Waals surface area (Å²) in [5.74, 6) is 2.11. The summed E-state index contributed by atoms with van der Waals surface area (Å²) in [6, 6.07) is 7.54. The largest absolute Gasteiger partial charge is 0.497 e. The quantitative estimate of drug-likeness (QED) is 0.751. The van der Waals surface area contributed by atoms with E-state index in [0.29, 0.717) is 10.9 Å². The van der Waals surface area contributed by atoms with Crippen LogP contribution in [-0.2, 0) is 16.9 Å². The first kappa shape index (κ1) is 15.8. The van der Waals surface area contributed by atoms with Gasteiger partial charge in [-0.2, -0.15) is 0 Å². The lowest BCUT2D eigenvalue weighted by Gasteiger charge is -2.04. The van der Waals surface area contributed by atoms with E-state index in [9.17, 15) is 8.42 Å². The van der Waals surface area contributed by atoms with Crippen LogP contribution in [0.25, 0.3) is 11.4 Å². The van der Waals surface area contributed by atoms with Crippen molar-refractivity contribution in [2.75, 3.05) is 24.9 Å². The van der Waals surface area contributed by atoms with E-state index in [0.717, 1.165) is 17.1 Å². The molecule has 0 aliphatic heterocycles. The van der Waals surface area contributed by atoms with Gasteiger partial charge in [0, 0.05) is 24.6 Å². The first-order valence-corrected chi connectivity index (χ1v) is 9.29. The van der Waals surface area contributed by atoms with Gasteiger partial charge in [-0.1, -0.05) is 11.8 Å². The second-order valence-corrected chi connectivity index (χ2v) is 7.89. The standard InChI is InChI=1S/C13H17N3O3S2/c1-16-12(10-4-6-11(19-2)7-5-10)14-15-13(16)20-8-9-21(3,17)18/h4-7H,8-9H2,1-3H3. The molecule has 0 aliphatic carbocycles. The van der Waals surface area contributed by atoms with Gasteiger partial charge in [0.15, 0.2) is 11.0 Å². The van der Waals surface area contributed by atoms with Crippen LogP contribution in [0.5, 0.6) is 5.75 Å². The topological polar surface area (TPSA) is 74.1 Å². The molecular weight excluding hydrogens is 310 g/mol. The van der Waals surface area contributed by atoms with Crippen molar-refractivity contribution in [1.29, 1.82) is 0 Å². The fourth-order valence-electron chi connectivity index (χ4n) is 1.72. The number of benzene rings is 1. The zero-order chi connectivity index (χ0) is 15.5. The number of thioether (sulfide) groups is 1. The minimum atomic E-state index is -2.95. The molecule has 0 spiro atoms. The van der Waals surface area contributed by atoms with Gasteiger partial charge in [-0.25, -0.2) is 8.42 Å². The van der Waals surface area contributed by atoms with E-state index in [2.05, 4.69) is 10.2 Å². The third kappa shape index (κ3) is 4.21. The molecule has 0 bridgehead atoms. The van der Waals surface area contributed by atoms with Crippen LogP contribution < -0.4 is 4.74 Å². The third-order valence-corrected chi connectivity index (χ3v) is 5.09. The summed E-state index contributed by atoms with van der Waals surface area (Å²) in [7, 11) is 0.530. The van der Waals surface area contributed by atoms with Crippen LogP contribution in [0.2, 0.25) is 0 Å². The number of nitrogens with zero attached hydrogens (tertiary/aromatic N) is 3. The molecule has 2 aromatic rings. The van der Waals surface area contributed by atoms with E-state index < -0.39 is 9.84 Å². The van der Waals surface area contributed by atoms with Gasteiger partial charge in [-0.15, -0.1) is 10.2 Å².